The van der Waals surface area contributed by atoms with Crippen molar-refractivity contribution in [2.24, 2.45) is 11.8 Å². The van der Waals surface area contributed by atoms with Crippen LogP contribution >= 0.6 is 0 Å². The van der Waals surface area contributed by atoms with Gasteiger partial charge in [0, 0.05) is 32.2 Å². The van der Waals surface area contributed by atoms with Crippen molar-refractivity contribution in [3.8, 4) is 0 Å². The molecule has 0 aromatic heterocycles. The van der Waals surface area contributed by atoms with Gasteiger partial charge in [0.05, 0.1) is 23.0 Å². The van der Waals surface area contributed by atoms with Crippen LogP contribution in [0.25, 0.3) is 0 Å². The lowest BCUT2D eigenvalue weighted by atomic mass is 9.91. The number of rotatable bonds is 4. The highest BCUT2D eigenvalue weighted by atomic mass is 32.2. The van der Waals surface area contributed by atoms with Crippen LogP contribution in [0.15, 0.2) is 23.1 Å². The maximum atomic E-state index is 12.8. The summed E-state index contributed by atoms with van der Waals surface area (Å²) in [4.78, 5) is 13.1. The molecule has 2 fully saturated rings. The fourth-order valence-corrected chi connectivity index (χ4v) is 5.30. The first-order valence-electron chi connectivity index (χ1n) is 8.90. The predicted octanol–water partition coefficient (Wildman–Crippen LogP) is 2.10. The number of benzene rings is 1. The van der Waals surface area contributed by atoms with Crippen molar-refractivity contribution in [2.75, 3.05) is 44.3 Å². The van der Waals surface area contributed by atoms with E-state index in [0.717, 1.165) is 19.5 Å². The molecule has 0 radical (unpaired) electrons. The Balaban J connectivity index is 1.95. The van der Waals surface area contributed by atoms with E-state index >= 15 is 0 Å². The predicted molar refractivity (Wildman–Crippen MR) is 97.8 cm³/mol. The summed E-state index contributed by atoms with van der Waals surface area (Å²) < 4.78 is 32.1. The molecule has 2 aliphatic rings. The van der Waals surface area contributed by atoms with E-state index in [1.54, 1.807) is 6.07 Å². The molecule has 3 rings (SSSR count). The molecule has 0 spiro atoms. The molecule has 2 saturated heterocycles. The number of anilines is 1. The van der Waals surface area contributed by atoms with Crippen LogP contribution in [0.4, 0.5) is 11.4 Å². The van der Waals surface area contributed by atoms with Crippen molar-refractivity contribution in [1.29, 1.82) is 0 Å². The quantitative estimate of drug-likeness (QED) is 0.584. The van der Waals surface area contributed by atoms with Gasteiger partial charge < -0.3 is 9.64 Å². The Morgan fingerprint density at radius 3 is 2.35 bits per heavy atom. The molecular weight excluding hydrogens is 358 g/mol. The Kier molecular flexibility index (Phi) is 5.50. The molecule has 2 heterocycles. The second kappa shape index (κ2) is 7.50. The molecule has 1 aromatic carbocycles. The van der Waals surface area contributed by atoms with Gasteiger partial charge in [0.2, 0.25) is 10.0 Å². The molecule has 144 valence electrons. The van der Waals surface area contributed by atoms with Gasteiger partial charge in [-0.25, -0.2) is 8.42 Å². The first-order valence-corrected chi connectivity index (χ1v) is 10.3. The third-order valence-electron chi connectivity index (χ3n) is 4.96. The number of hydrogen-bond donors (Lipinski definition) is 0. The monoisotopic (exact) mass is 383 g/mol. The number of piperidine rings is 1. The van der Waals surface area contributed by atoms with Crippen LogP contribution in [-0.4, -0.2) is 57.0 Å². The van der Waals surface area contributed by atoms with Crippen LogP contribution in [-0.2, 0) is 14.8 Å². The Bertz CT molecular complexity index is 767. The van der Waals surface area contributed by atoms with E-state index in [1.165, 1.54) is 16.4 Å². The van der Waals surface area contributed by atoms with Crippen LogP contribution < -0.4 is 4.90 Å². The topological polar surface area (TPSA) is 93.0 Å². The molecule has 2 aliphatic heterocycles. The zero-order valence-corrected chi connectivity index (χ0v) is 15.9. The van der Waals surface area contributed by atoms with Gasteiger partial charge in [0.25, 0.3) is 5.69 Å². The van der Waals surface area contributed by atoms with Crippen LogP contribution in [0.1, 0.15) is 20.3 Å². The van der Waals surface area contributed by atoms with Crippen LogP contribution in [0.2, 0.25) is 0 Å². The largest absolute Gasteiger partial charge is 0.379 e. The van der Waals surface area contributed by atoms with Crippen LogP contribution in [0, 0.1) is 22.0 Å². The summed E-state index contributed by atoms with van der Waals surface area (Å²) in [7, 11) is -3.76. The normalized spacial score (nSPS) is 25.2. The van der Waals surface area contributed by atoms with Gasteiger partial charge in [-0.1, -0.05) is 13.8 Å². The lowest BCUT2D eigenvalue weighted by Gasteiger charge is -2.36. The maximum Gasteiger partial charge on any atom is 0.293 e. The zero-order chi connectivity index (χ0) is 18.9. The van der Waals surface area contributed by atoms with E-state index in [2.05, 4.69) is 13.8 Å². The molecule has 9 heteroatoms. The standard InChI is InChI=1S/C17H25N3O5S/c1-13-9-14(2)12-18(11-13)16-4-3-15(10-17(16)20(21)22)26(23,24)19-5-7-25-8-6-19/h3-4,10,13-14H,5-9,11-12H2,1-2H3/t13-,14-/m1/s1. The third kappa shape index (κ3) is 3.84. The van der Waals surface area contributed by atoms with Gasteiger partial charge in [-0.05, 0) is 30.4 Å². The number of sulfonamides is 1. The fraction of sp³-hybridized carbons (Fsp3) is 0.647. The van der Waals surface area contributed by atoms with Crippen LogP contribution in [0.3, 0.4) is 0 Å². The molecule has 1 aromatic rings. The Hall–Kier alpha value is -1.71. The number of ether oxygens (including phenoxy) is 1. The van der Waals surface area contributed by atoms with Crippen molar-refractivity contribution >= 4 is 21.4 Å². The smallest absolute Gasteiger partial charge is 0.293 e. The average molecular weight is 383 g/mol. The zero-order valence-electron chi connectivity index (χ0n) is 15.1. The van der Waals surface area contributed by atoms with Gasteiger partial charge in [0.15, 0.2) is 0 Å². The van der Waals surface area contributed by atoms with Gasteiger partial charge >= 0.3 is 0 Å². The summed E-state index contributed by atoms with van der Waals surface area (Å²) in [5, 5.41) is 11.6. The number of nitro benzene ring substituents is 1. The third-order valence-corrected chi connectivity index (χ3v) is 6.86. The minimum Gasteiger partial charge on any atom is -0.379 e. The Morgan fingerprint density at radius 2 is 1.77 bits per heavy atom. The summed E-state index contributed by atoms with van der Waals surface area (Å²) in [6.07, 6.45) is 1.09. The van der Waals surface area contributed by atoms with Crippen LogP contribution in [0.5, 0.6) is 0 Å². The summed E-state index contributed by atoms with van der Waals surface area (Å²) in [5.74, 6) is 0.880. The highest BCUT2D eigenvalue weighted by molar-refractivity contribution is 7.89. The summed E-state index contributed by atoms with van der Waals surface area (Å²) >= 11 is 0. The molecule has 0 bridgehead atoms. The summed E-state index contributed by atoms with van der Waals surface area (Å²) in [6, 6.07) is 4.26. The number of morpholine rings is 1. The first-order chi connectivity index (χ1) is 12.3. The highest BCUT2D eigenvalue weighted by Gasteiger charge is 2.31. The van der Waals surface area contributed by atoms with E-state index < -0.39 is 14.9 Å². The fourth-order valence-electron chi connectivity index (χ4n) is 3.87. The molecule has 0 amide bonds. The van der Waals surface area contributed by atoms with Crippen molar-refractivity contribution in [3.63, 3.8) is 0 Å². The minimum absolute atomic E-state index is 0.0343. The van der Waals surface area contributed by atoms with Gasteiger partial charge in [0.1, 0.15) is 5.69 Å². The molecule has 0 saturated carbocycles. The molecule has 0 unspecified atom stereocenters. The van der Waals surface area contributed by atoms with Crippen molar-refractivity contribution in [1.82, 2.24) is 4.31 Å². The molecule has 26 heavy (non-hydrogen) atoms. The number of hydrogen-bond acceptors (Lipinski definition) is 6. The molecular formula is C17H25N3O5S. The molecule has 8 nitrogen and oxygen atoms in total. The highest BCUT2D eigenvalue weighted by Crippen LogP contribution is 2.35. The Morgan fingerprint density at radius 1 is 1.15 bits per heavy atom. The lowest BCUT2D eigenvalue weighted by molar-refractivity contribution is -0.384. The summed E-state index contributed by atoms with van der Waals surface area (Å²) in [5.41, 5.74) is 0.343. The maximum absolute atomic E-state index is 12.8. The van der Waals surface area contributed by atoms with Crippen molar-refractivity contribution < 1.29 is 18.1 Å². The van der Waals surface area contributed by atoms with E-state index in [0.29, 0.717) is 30.7 Å². The van der Waals surface area contributed by atoms with E-state index in [4.69, 9.17) is 4.74 Å². The first kappa shape index (κ1) is 19.1. The molecule has 2 atom stereocenters. The van der Waals surface area contributed by atoms with Crippen molar-refractivity contribution in [2.45, 2.75) is 25.2 Å². The van der Waals surface area contributed by atoms with E-state index in [9.17, 15) is 18.5 Å². The molecule has 0 N–H and O–H groups in total. The van der Waals surface area contributed by atoms with E-state index in [-0.39, 0.29) is 23.7 Å². The second-order valence-corrected chi connectivity index (χ2v) is 9.21. The number of nitro groups is 1. The second-order valence-electron chi connectivity index (χ2n) is 7.28. The van der Waals surface area contributed by atoms with Gasteiger partial charge in [-0.2, -0.15) is 4.31 Å². The summed E-state index contributed by atoms with van der Waals surface area (Å²) in [6.45, 7) is 6.93. The number of nitrogens with zero attached hydrogens (tertiary/aromatic N) is 3. The van der Waals surface area contributed by atoms with Crippen molar-refractivity contribution in [3.05, 3.63) is 28.3 Å². The molecule has 0 aliphatic carbocycles. The van der Waals surface area contributed by atoms with Gasteiger partial charge in [-0.15, -0.1) is 0 Å². The van der Waals surface area contributed by atoms with Gasteiger partial charge in [-0.3, -0.25) is 10.1 Å². The SMILES string of the molecule is C[C@@H]1C[C@@H](C)CN(c2ccc(S(=O)(=O)N3CCOCC3)cc2[N+](=O)[O-])C1. The lowest BCUT2D eigenvalue weighted by Crippen LogP contribution is -2.41. The average Bonchev–Trinajstić information content (AvgIpc) is 2.61. The Labute approximate surface area is 153 Å². The van der Waals surface area contributed by atoms with E-state index in [1.807, 2.05) is 4.90 Å². The minimum atomic E-state index is -3.76.